The Balaban J connectivity index is 1.56. The van der Waals surface area contributed by atoms with E-state index in [1.165, 1.54) is 23.1 Å². The van der Waals surface area contributed by atoms with E-state index in [0.29, 0.717) is 68.8 Å². The van der Waals surface area contributed by atoms with Crippen molar-refractivity contribution in [2.45, 2.75) is 116 Å². The van der Waals surface area contributed by atoms with Gasteiger partial charge >= 0.3 is 11.9 Å². The molecule has 0 radical (unpaired) electrons. The predicted molar refractivity (Wildman–Crippen MR) is 211 cm³/mol. The molecule has 53 heavy (non-hydrogen) atoms. The Labute approximate surface area is 314 Å². The van der Waals surface area contributed by atoms with Gasteiger partial charge in [0.2, 0.25) is 0 Å². The number of carbonyl (C=O) groups excluding carboxylic acids is 2. The number of ether oxygens (including phenoxy) is 2. The molecule has 1 amide bonds. The number of hydrazine groups is 1. The second-order valence-electron chi connectivity index (χ2n) is 15.5. The first-order valence-electron chi connectivity index (χ1n) is 19.1. The number of esters is 1. The Morgan fingerprint density at radius 1 is 1.04 bits per heavy atom. The van der Waals surface area contributed by atoms with E-state index >= 15 is 0 Å². The summed E-state index contributed by atoms with van der Waals surface area (Å²) in [5, 5.41) is 12.1. The number of rotatable bonds is 15. The Bertz CT molecular complexity index is 1790. The zero-order valence-electron chi connectivity index (χ0n) is 32.4. The molecule has 11 nitrogen and oxygen atoms in total. The van der Waals surface area contributed by atoms with Crippen LogP contribution in [0.4, 0.5) is 0 Å². The first-order valence-corrected chi connectivity index (χ1v) is 21.3. The minimum Gasteiger partial charge on any atom is -0.543 e. The lowest BCUT2D eigenvalue weighted by molar-refractivity contribution is -0.147. The fourth-order valence-corrected chi connectivity index (χ4v) is 13.6. The molecule has 0 spiro atoms. The zero-order valence-corrected chi connectivity index (χ0v) is 33.4. The van der Waals surface area contributed by atoms with Crippen molar-refractivity contribution in [2.24, 2.45) is 5.73 Å². The molecule has 2 atom stereocenters. The molecule has 12 heteroatoms. The molecular weight excluding hydrogens is 689 g/mol. The van der Waals surface area contributed by atoms with Crippen LogP contribution in [0.5, 0.6) is 5.75 Å². The van der Waals surface area contributed by atoms with Crippen LogP contribution in [0.2, 0.25) is 16.6 Å². The Hall–Kier alpha value is -3.97. The van der Waals surface area contributed by atoms with E-state index in [1.54, 1.807) is 0 Å². The minimum absolute atomic E-state index is 0.258. The van der Waals surface area contributed by atoms with Crippen molar-refractivity contribution < 1.29 is 33.4 Å². The molecule has 2 aromatic carbocycles. The monoisotopic (exact) mass is 746 g/mol. The van der Waals surface area contributed by atoms with Crippen LogP contribution in [-0.4, -0.2) is 79.3 Å². The Morgan fingerprint density at radius 3 is 2.42 bits per heavy atom. The highest BCUT2D eigenvalue weighted by Crippen LogP contribution is 2.44. The number of aryl methyl sites for hydroxylation is 1. The molecule has 4 N–H and O–H groups in total. The maximum atomic E-state index is 13.5. The lowest BCUT2D eigenvalue weighted by Gasteiger charge is -2.42. The van der Waals surface area contributed by atoms with Gasteiger partial charge in [0, 0.05) is 42.7 Å². The summed E-state index contributed by atoms with van der Waals surface area (Å²) in [5.74, 6) is -0.829. The van der Waals surface area contributed by atoms with Crippen LogP contribution < -0.4 is 15.6 Å². The first-order chi connectivity index (χ1) is 25.2. The van der Waals surface area contributed by atoms with E-state index in [0.717, 1.165) is 39.8 Å². The van der Waals surface area contributed by atoms with Crippen molar-refractivity contribution in [3.63, 3.8) is 0 Å². The lowest BCUT2D eigenvalue weighted by atomic mass is 9.96. The van der Waals surface area contributed by atoms with Crippen molar-refractivity contribution in [2.75, 3.05) is 26.4 Å². The van der Waals surface area contributed by atoms with Gasteiger partial charge in [0.05, 0.1) is 25.9 Å². The summed E-state index contributed by atoms with van der Waals surface area (Å²) in [6.45, 7) is 17.7. The lowest BCUT2D eigenvalue weighted by Crippen LogP contribution is -2.58. The number of nitrogens with one attached hydrogen (secondary N) is 1. The number of amides is 1. The van der Waals surface area contributed by atoms with Gasteiger partial charge in [-0.15, -0.1) is 0 Å². The van der Waals surface area contributed by atoms with Gasteiger partial charge in [0.1, 0.15) is 11.8 Å². The van der Waals surface area contributed by atoms with Gasteiger partial charge in [0.25, 0.3) is 14.2 Å². The Kier molecular flexibility index (Phi) is 13.2. The van der Waals surface area contributed by atoms with Gasteiger partial charge in [-0.2, -0.15) is 0 Å². The van der Waals surface area contributed by atoms with Gasteiger partial charge < -0.3 is 29.3 Å². The average molecular weight is 747 g/mol. The van der Waals surface area contributed by atoms with Crippen molar-refractivity contribution in [3.05, 3.63) is 59.8 Å². The highest BCUT2D eigenvalue weighted by molar-refractivity contribution is 6.78. The van der Waals surface area contributed by atoms with Crippen LogP contribution >= 0.6 is 0 Å². The normalized spacial score (nSPS) is 17.4. The largest absolute Gasteiger partial charge is 0.543 e. The van der Waals surface area contributed by atoms with Crippen LogP contribution in [0.1, 0.15) is 85.3 Å². The number of carbonyl (C=O) groups is 3. The maximum Gasteiger partial charge on any atom is 0.322 e. The van der Waals surface area contributed by atoms with Gasteiger partial charge in [-0.25, -0.2) is 5.43 Å². The third-order valence-corrected chi connectivity index (χ3v) is 16.9. The van der Waals surface area contributed by atoms with E-state index in [9.17, 15) is 19.5 Å². The van der Waals surface area contributed by atoms with Crippen LogP contribution in [0.25, 0.3) is 27.6 Å². The maximum absolute atomic E-state index is 13.5. The fraction of sp³-hybridized carbons (Fsp3) is 0.537. The fourth-order valence-electron chi connectivity index (χ4n) is 8.36. The SMILES string of the molecule is CC(=O)OCCCn1cc(C2=CCOCC2)c2ccc(-c3cc(C[C@H](N)C(=O)N4CCC[C@@H](C(=O)O)N4)cc(O[Si](C(C)C)(C(C)C)C(C)C)c3)cc21. The van der Waals surface area contributed by atoms with Gasteiger partial charge in [-0.05, 0) is 89.2 Å². The molecule has 0 aliphatic carbocycles. The molecule has 1 saturated heterocycles. The Morgan fingerprint density at radius 2 is 1.77 bits per heavy atom. The summed E-state index contributed by atoms with van der Waals surface area (Å²) in [7, 11) is -2.35. The number of aromatic nitrogens is 1. The van der Waals surface area contributed by atoms with E-state index in [4.69, 9.17) is 19.6 Å². The summed E-state index contributed by atoms with van der Waals surface area (Å²) in [6.07, 6.45) is 7.18. The second-order valence-corrected chi connectivity index (χ2v) is 20.8. The van der Waals surface area contributed by atoms with Crippen LogP contribution in [0.15, 0.2) is 48.7 Å². The van der Waals surface area contributed by atoms with Crippen molar-refractivity contribution >= 4 is 42.6 Å². The number of carboxylic acid groups (broad SMARTS) is 1. The third-order valence-electron chi connectivity index (χ3n) is 10.9. The third kappa shape index (κ3) is 9.22. The highest BCUT2D eigenvalue weighted by atomic mass is 28.4. The quantitative estimate of drug-likeness (QED) is 0.0845. The van der Waals surface area contributed by atoms with Crippen molar-refractivity contribution in [1.82, 2.24) is 15.0 Å². The number of benzene rings is 2. The van der Waals surface area contributed by atoms with Crippen molar-refractivity contribution in [3.8, 4) is 16.9 Å². The molecule has 2 aliphatic rings. The number of nitrogens with two attached hydrogens (primary N) is 1. The highest BCUT2D eigenvalue weighted by Gasteiger charge is 2.47. The van der Waals surface area contributed by atoms with Crippen molar-refractivity contribution in [1.29, 1.82) is 0 Å². The number of hydrogen-bond donors (Lipinski definition) is 3. The summed E-state index contributed by atoms with van der Waals surface area (Å²) in [6, 6.07) is 11.1. The van der Waals surface area contributed by atoms with Crippen LogP contribution in [-0.2, 0) is 36.8 Å². The molecular formula is C41H58N4O7Si. The van der Waals surface area contributed by atoms with Crippen LogP contribution in [0.3, 0.4) is 0 Å². The molecule has 288 valence electrons. The minimum atomic E-state index is -2.35. The van der Waals surface area contributed by atoms with Gasteiger partial charge in [-0.1, -0.05) is 65.8 Å². The number of carboxylic acids is 1. The average Bonchev–Trinajstić information content (AvgIpc) is 3.49. The van der Waals surface area contributed by atoms with E-state index in [2.05, 4.69) is 94.1 Å². The molecule has 1 aromatic heterocycles. The predicted octanol–water partition coefficient (Wildman–Crippen LogP) is 7.07. The summed E-state index contributed by atoms with van der Waals surface area (Å²) < 4.78 is 20.3. The van der Waals surface area contributed by atoms with E-state index in [-0.39, 0.29) is 18.3 Å². The van der Waals surface area contributed by atoms with Crippen LogP contribution in [0, 0.1) is 0 Å². The number of nitrogens with zero attached hydrogens (tertiary/aromatic N) is 2. The molecule has 2 aliphatic heterocycles. The van der Waals surface area contributed by atoms with Gasteiger partial charge in [-0.3, -0.25) is 19.4 Å². The number of aliphatic carboxylic acids is 1. The van der Waals surface area contributed by atoms with E-state index < -0.39 is 26.4 Å². The zero-order chi connectivity index (χ0) is 38.4. The second kappa shape index (κ2) is 17.4. The molecule has 5 rings (SSSR count). The molecule has 1 fully saturated rings. The molecule has 3 heterocycles. The topological polar surface area (TPSA) is 145 Å². The summed E-state index contributed by atoms with van der Waals surface area (Å²) >= 11 is 0. The van der Waals surface area contributed by atoms with Gasteiger partial charge in [0.15, 0.2) is 0 Å². The molecule has 0 saturated carbocycles. The number of fused-ring (bicyclic) bond motifs is 1. The summed E-state index contributed by atoms with van der Waals surface area (Å²) in [4.78, 5) is 36.6. The summed E-state index contributed by atoms with van der Waals surface area (Å²) in [5.41, 5.74) is 16.9. The van der Waals surface area contributed by atoms with E-state index in [1.807, 2.05) is 6.07 Å². The first kappa shape index (κ1) is 40.2. The standard InChI is InChI=1S/C41H58N4O7Si/c1-26(2)53(27(3)4,28(5)6)52-34-21-30(22-37(42)40(47)45-16-8-10-38(43-45)41(48)49)20-33(23-34)32-11-12-35-36(31-13-18-50-19-14-31)25-44(39(35)24-32)15-9-17-51-29(7)46/h11-13,20-21,23-28,37-38,43H,8-10,14-19,22,42H2,1-7H3,(H,48,49)/t37-,38-/m0/s1. The smallest absolute Gasteiger partial charge is 0.322 e. The molecule has 3 aromatic rings. The molecule has 0 unspecified atom stereocenters. The molecule has 0 bridgehead atoms. The number of hydrogen-bond acceptors (Lipinski definition) is 8.